The fourth-order valence-electron chi connectivity index (χ4n) is 2.41. The van der Waals surface area contributed by atoms with Crippen LogP contribution in [0.3, 0.4) is 0 Å². The summed E-state index contributed by atoms with van der Waals surface area (Å²) in [6.07, 6.45) is 10.5. The molecule has 0 unspecified atom stereocenters. The lowest BCUT2D eigenvalue weighted by molar-refractivity contribution is -0.136. The van der Waals surface area contributed by atoms with Crippen molar-refractivity contribution in [1.82, 2.24) is 0 Å². The Kier molecular flexibility index (Phi) is 11.2. The summed E-state index contributed by atoms with van der Waals surface area (Å²) in [5, 5.41) is 9.26. The molecule has 0 saturated carbocycles. The number of rotatable bonds is 14. The Morgan fingerprint density at radius 1 is 0.920 bits per heavy atom. The van der Waals surface area contributed by atoms with E-state index in [4.69, 9.17) is 9.47 Å². The summed E-state index contributed by atoms with van der Waals surface area (Å²) >= 11 is 0. The third-order valence-electron chi connectivity index (χ3n) is 3.91. The van der Waals surface area contributed by atoms with Crippen LogP contribution in [0.5, 0.6) is 5.75 Å². The van der Waals surface area contributed by atoms with E-state index < -0.39 is 5.97 Å². The van der Waals surface area contributed by atoms with Crippen LogP contribution in [-0.2, 0) is 9.53 Å². The van der Waals surface area contributed by atoms with E-state index in [1.807, 2.05) is 24.3 Å². The van der Waals surface area contributed by atoms with Gasteiger partial charge in [-0.1, -0.05) is 64.5 Å². The summed E-state index contributed by atoms with van der Waals surface area (Å²) < 4.78 is 11.1. The zero-order chi connectivity index (χ0) is 18.3. The molecule has 4 nitrogen and oxygen atoms in total. The minimum Gasteiger partial charge on any atom is -0.494 e. The van der Waals surface area contributed by atoms with Crippen LogP contribution in [0.2, 0.25) is 0 Å². The molecule has 140 valence electrons. The predicted molar refractivity (Wildman–Crippen MR) is 102 cm³/mol. The number of unbranched alkanes of at least 4 members (excludes halogenated alkanes) is 6. The predicted octanol–water partition coefficient (Wildman–Crippen LogP) is 5.67. The van der Waals surface area contributed by atoms with Gasteiger partial charge in [0.05, 0.1) is 13.2 Å². The van der Waals surface area contributed by atoms with E-state index in [2.05, 4.69) is 13.8 Å². The minimum atomic E-state index is -1.04. The van der Waals surface area contributed by atoms with Crippen LogP contribution in [0.25, 0.3) is 6.08 Å². The summed E-state index contributed by atoms with van der Waals surface area (Å²) in [6.45, 7) is 5.49. The molecule has 0 aliphatic heterocycles. The summed E-state index contributed by atoms with van der Waals surface area (Å²) in [5.74, 6) is -0.234. The van der Waals surface area contributed by atoms with E-state index in [1.165, 1.54) is 19.3 Å². The van der Waals surface area contributed by atoms with E-state index in [0.29, 0.717) is 6.61 Å². The molecule has 1 N–H and O–H groups in total. The maximum Gasteiger partial charge on any atom is 0.371 e. The Hall–Kier alpha value is -1.97. The number of hydrogen-bond acceptors (Lipinski definition) is 3. The highest BCUT2D eigenvalue weighted by molar-refractivity contribution is 5.89. The Balaban J connectivity index is 2.47. The van der Waals surface area contributed by atoms with Gasteiger partial charge >= 0.3 is 5.97 Å². The summed E-state index contributed by atoms with van der Waals surface area (Å²) in [7, 11) is 0. The Bertz CT molecular complexity index is 505. The van der Waals surface area contributed by atoms with Gasteiger partial charge in [-0.2, -0.15) is 0 Å². The molecule has 1 aromatic carbocycles. The van der Waals surface area contributed by atoms with Gasteiger partial charge < -0.3 is 14.6 Å². The van der Waals surface area contributed by atoms with Gasteiger partial charge in [-0.15, -0.1) is 0 Å². The van der Waals surface area contributed by atoms with Gasteiger partial charge in [0.25, 0.3) is 0 Å². The molecule has 1 rings (SSSR count). The first-order valence-electron chi connectivity index (χ1n) is 9.48. The fourth-order valence-corrected chi connectivity index (χ4v) is 2.41. The van der Waals surface area contributed by atoms with Crippen molar-refractivity contribution in [2.75, 3.05) is 13.2 Å². The van der Waals surface area contributed by atoms with E-state index >= 15 is 0 Å². The summed E-state index contributed by atoms with van der Waals surface area (Å²) in [5.41, 5.74) is 0.796. The Morgan fingerprint density at radius 2 is 1.52 bits per heavy atom. The summed E-state index contributed by atoms with van der Waals surface area (Å²) in [4.78, 5) is 11.3. The van der Waals surface area contributed by atoms with Gasteiger partial charge in [0.2, 0.25) is 5.76 Å². The monoisotopic (exact) mass is 348 g/mol. The molecule has 4 heteroatoms. The Morgan fingerprint density at radius 3 is 2.08 bits per heavy atom. The number of carboxylic acid groups (broad SMARTS) is 1. The van der Waals surface area contributed by atoms with Crippen molar-refractivity contribution in [3.05, 3.63) is 35.6 Å². The molecule has 0 heterocycles. The summed E-state index contributed by atoms with van der Waals surface area (Å²) in [6, 6.07) is 7.44. The first kappa shape index (κ1) is 21.1. The smallest absolute Gasteiger partial charge is 0.371 e. The lowest BCUT2D eigenvalue weighted by Crippen LogP contribution is -2.06. The van der Waals surface area contributed by atoms with Crippen LogP contribution in [0, 0.1) is 0 Å². The quantitative estimate of drug-likeness (QED) is 0.267. The van der Waals surface area contributed by atoms with Crippen molar-refractivity contribution < 1.29 is 19.4 Å². The normalized spacial score (nSPS) is 11.4. The van der Waals surface area contributed by atoms with Crippen molar-refractivity contribution in [1.29, 1.82) is 0 Å². The number of carbonyl (C=O) groups is 1. The first-order chi connectivity index (χ1) is 12.2. The lowest BCUT2D eigenvalue weighted by Gasteiger charge is -2.08. The molecule has 0 saturated heterocycles. The average molecular weight is 348 g/mol. The van der Waals surface area contributed by atoms with Crippen LogP contribution < -0.4 is 4.74 Å². The molecule has 0 spiro atoms. The van der Waals surface area contributed by atoms with Crippen molar-refractivity contribution in [2.24, 2.45) is 0 Å². The largest absolute Gasteiger partial charge is 0.494 e. The molecule has 0 aliphatic rings. The highest BCUT2D eigenvalue weighted by Gasteiger charge is 2.08. The highest BCUT2D eigenvalue weighted by Crippen LogP contribution is 2.16. The number of ether oxygens (including phenoxy) is 2. The maximum atomic E-state index is 11.3. The van der Waals surface area contributed by atoms with Gasteiger partial charge in [-0.05, 0) is 36.6 Å². The van der Waals surface area contributed by atoms with Crippen molar-refractivity contribution in [2.45, 2.75) is 65.2 Å². The number of benzene rings is 1. The maximum absolute atomic E-state index is 11.3. The standard InChI is InChI=1S/C21H32O4/c1-3-5-7-9-15-24-19-13-11-18(12-14-19)17-20(21(22)23)25-16-10-8-6-4-2/h11-14,17H,3-10,15-16H2,1-2H3,(H,22,23). The van der Waals surface area contributed by atoms with E-state index in [9.17, 15) is 9.90 Å². The second-order valence-electron chi connectivity index (χ2n) is 6.20. The SMILES string of the molecule is CCCCCCOC(=Cc1ccc(OCCCCCC)cc1)C(=O)O. The zero-order valence-corrected chi connectivity index (χ0v) is 15.6. The zero-order valence-electron chi connectivity index (χ0n) is 15.6. The van der Waals surface area contributed by atoms with E-state index in [-0.39, 0.29) is 5.76 Å². The van der Waals surface area contributed by atoms with Gasteiger partial charge in [-0.3, -0.25) is 0 Å². The number of hydrogen-bond donors (Lipinski definition) is 1. The number of aliphatic carboxylic acids is 1. The first-order valence-corrected chi connectivity index (χ1v) is 9.48. The lowest BCUT2D eigenvalue weighted by atomic mass is 10.2. The number of carboxylic acids is 1. The van der Waals surface area contributed by atoms with E-state index in [0.717, 1.165) is 50.0 Å². The molecular formula is C21H32O4. The van der Waals surface area contributed by atoms with Crippen molar-refractivity contribution in [3.63, 3.8) is 0 Å². The minimum absolute atomic E-state index is 0.00951. The van der Waals surface area contributed by atoms with Crippen LogP contribution in [0.1, 0.15) is 70.8 Å². The van der Waals surface area contributed by atoms with Crippen LogP contribution in [-0.4, -0.2) is 24.3 Å². The topological polar surface area (TPSA) is 55.8 Å². The van der Waals surface area contributed by atoms with Crippen molar-refractivity contribution >= 4 is 12.0 Å². The van der Waals surface area contributed by atoms with Gasteiger partial charge in [0, 0.05) is 0 Å². The van der Waals surface area contributed by atoms with E-state index in [1.54, 1.807) is 6.08 Å². The van der Waals surface area contributed by atoms with Crippen LogP contribution in [0.4, 0.5) is 0 Å². The molecule has 0 aliphatic carbocycles. The highest BCUT2D eigenvalue weighted by atomic mass is 16.5. The second-order valence-corrected chi connectivity index (χ2v) is 6.20. The van der Waals surface area contributed by atoms with Crippen LogP contribution in [0.15, 0.2) is 30.0 Å². The molecule has 0 bridgehead atoms. The third-order valence-corrected chi connectivity index (χ3v) is 3.91. The van der Waals surface area contributed by atoms with Gasteiger partial charge in [0.15, 0.2) is 0 Å². The molecular weight excluding hydrogens is 316 g/mol. The van der Waals surface area contributed by atoms with Gasteiger partial charge in [-0.25, -0.2) is 4.79 Å². The third kappa shape index (κ3) is 9.80. The molecule has 0 atom stereocenters. The van der Waals surface area contributed by atoms with Crippen LogP contribution >= 0.6 is 0 Å². The molecule has 1 aromatic rings. The molecule has 0 fully saturated rings. The van der Waals surface area contributed by atoms with Crippen molar-refractivity contribution in [3.8, 4) is 5.75 Å². The van der Waals surface area contributed by atoms with Gasteiger partial charge in [0.1, 0.15) is 5.75 Å². The molecule has 0 aromatic heterocycles. The molecule has 25 heavy (non-hydrogen) atoms. The average Bonchev–Trinajstić information content (AvgIpc) is 2.61. The Labute approximate surface area is 151 Å². The molecule has 0 amide bonds. The fraction of sp³-hybridized carbons (Fsp3) is 0.571. The molecule has 0 radical (unpaired) electrons. The second kappa shape index (κ2) is 13.3.